The molecule has 0 aliphatic carbocycles. The number of hydrogen-bond donors (Lipinski definition) is 1. The topological polar surface area (TPSA) is 24.9 Å². The molecule has 92 valence electrons. The monoisotopic (exact) mass is 288 g/mol. The van der Waals surface area contributed by atoms with E-state index < -0.39 is 0 Å². The maximum Gasteiger partial charge on any atom is 0.129 e. The lowest BCUT2D eigenvalue weighted by Gasteiger charge is -2.04. The van der Waals surface area contributed by atoms with Gasteiger partial charge in [0, 0.05) is 24.2 Å². The van der Waals surface area contributed by atoms with Gasteiger partial charge in [0.15, 0.2) is 0 Å². The molecule has 0 aromatic carbocycles. The van der Waals surface area contributed by atoms with E-state index >= 15 is 0 Å². The first-order valence-electron chi connectivity index (χ1n) is 5.10. The molecule has 2 nitrogen and oxygen atoms in total. The van der Waals surface area contributed by atoms with Gasteiger partial charge in [-0.1, -0.05) is 17.7 Å². The van der Waals surface area contributed by atoms with Crippen molar-refractivity contribution in [3.8, 4) is 0 Å². The Morgan fingerprint density at radius 2 is 2.12 bits per heavy atom. The van der Waals surface area contributed by atoms with E-state index in [1.807, 2.05) is 12.1 Å². The van der Waals surface area contributed by atoms with Gasteiger partial charge in [-0.15, -0.1) is 23.7 Å². The van der Waals surface area contributed by atoms with Gasteiger partial charge < -0.3 is 5.32 Å². The summed E-state index contributed by atoms with van der Waals surface area (Å²) in [4.78, 5) is 5.43. The van der Waals surface area contributed by atoms with E-state index in [2.05, 4.69) is 28.7 Å². The highest BCUT2D eigenvalue weighted by molar-refractivity contribution is 7.10. The van der Waals surface area contributed by atoms with Crippen LogP contribution in [0.15, 0.2) is 29.8 Å². The predicted octanol–water partition coefficient (Wildman–Crippen LogP) is 3.82. The molecule has 0 saturated heterocycles. The number of rotatable bonds is 4. The summed E-state index contributed by atoms with van der Waals surface area (Å²) in [5.74, 6) is 0. The number of halogens is 2. The molecule has 0 aliphatic heterocycles. The second-order valence-electron chi connectivity index (χ2n) is 3.62. The second-order valence-corrected chi connectivity index (χ2v) is 5.01. The van der Waals surface area contributed by atoms with Crippen LogP contribution in [0.4, 0.5) is 0 Å². The Hall–Kier alpha value is -0.610. The Bertz CT molecular complexity index is 454. The zero-order valence-electron chi connectivity index (χ0n) is 9.44. The van der Waals surface area contributed by atoms with Gasteiger partial charge in [-0.2, -0.15) is 0 Å². The number of thiophene rings is 1. The van der Waals surface area contributed by atoms with E-state index in [1.165, 1.54) is 10.4 Å². The normalized spacial score (nSPS) is 10.0. The molecule has 5 heteroatoms. The highest BCUT2D eigenvalue weighted by atomic mass is 35.5. The third-order valence-electron chi connectivity index (χ3n) is 2.37. The maximum absolute atomic E-state index is 5.72. The molecule has 0 bridgehead atoms. The Labute approximate surface area is 116 Å². The average molecular weight is 289 g/mol. The van der Waals surface area contributed by atoms with Crippen molar-refractivity contribution < 1.29 is 0 Å². The van der Waals surface area contributed by atoms with Gasteiger partial charge in [0.05, 0.1) is 0 Å². The SMILES string of the molecule is Cc1ccsc1CNCc1ccc(Cl)nc1.Cl. The first kappa shape index (κ1) is 14.5. The van der Waals surface area contributed by atoms with Crippen LogP contribution in [-0.2, 0) is 13.1 Å². The van der Waals surface area contributed by atoms with Gasteiger partial charge >= 0.3 is 0 Å². The van der Waals surface area contributed by atoms with E-state index in [1.54, 1.807) is 17.5 Å². The van der Waals surface area contributed by atoms with Gasteiger partial charge in [-0.3, -0.25) is 0 Å². The van der Waals surface area contributed by atoms with Crippen LogP contribution < -0.4 is 5.32 Å². The maximum atomic E-state index is 5.72. The number of aryl methyl sites for hydroxylation is 1. The van der Waals surface area contributed by atoms with E-state index in [4.69, 9.17) is 11.6 Å². The largest absolute Gasteiger partial charge is 0.308 e. The first-order chi connectivity index (χ1) is 7.75. The van der Waals surface area contributed by atoms with E-state index in [-0.39, 0.29) is 12.4 Å². The number of nitrogens with zero attached hydrogens (tertiary/aromatic N) is 1. The molecular formula is C12H14Cl2N2S. The highest BCUT2D eigenvalue weighted by Gasteiger charge is 1.99. The molecule has 1 N–H and O–H groups in total. The van der Waals surface area contributed by atoms with E-state index in [0.29, 0.717) is 5.15 Å². The molecule has 2 heterocycles. The Balaban J connectivity index is 0.00000144. The van der Waals surface area contributed by atoms with E-state index in [0.717, 1.165) is 18.7 Å². The predicted molar refractivity (Wildman–Crippen MR) is 76.1 cm³/mol. The van der Waals surface area contributed by atoms with E-state index in [9.17, 15) is 0 Å². The fourth-order valence-electron chi connectivity index (χ4n) is 1.42. The number of aromatic nitrogens is 1. The van der Waals surface area contributed by atoms with Crippen molar-refractivity contribution >= 4 is 35.3 Å². The van der Waals surface area contributed by atoms with Crippen LogP contribution >= 0.6 is 35.3 Å². The lowest BCUT2D eigenvalue weighted by Crippen LogP contribution is -2.12. The van der Waals surface area contributed by atoms with Gasteiger partial charge in [0.1, 0.15) is 5.15 Å². The quantitative estimate of drug-likeness (QED) is 0.866. The first-order valence-corrected chi connectivity index (χ1v) is 6.35. The minimum atomic E-state index is 0. The zero-order valence-corrected chi connectivity index (χ0v) is 11.8. The van der Waals surface area contributed by atoms with Crippen molar-refractivity contribution in [3.05, 3.63) is 50.9 Å². The van der Waals surface area contributed by atoms with Crippen LogP contribution in [0.2, 0.25) is 5.15 Å². The van der Waals surface area contributed by atoms with Crippen molar-refractivity contribution in [3.63, 3.8) is 0 Å². The summed E-state index contributed by atoms with van der Waals surface area (Å²) in [5, 5.41) is 6.05. The van der Waals surface area contributed by atoms with Crippen LogP contribution in [-0.4, -0.2) is 4.98 Å². The minimum absolute atomic E-state index is 0. The fraction of sp³-hybridized carbons (Fsp3) is 0.250. The number of nitrogens with one attached hydrogen (secondary N) is 1. The summed E-state index contributed by atoms with van der Waals surface area (Å²) in [5.41, 5.74) is 2.50. The number of pyridine rings is 1. The Morgan fingerprint density at radius 1 is 1.29 bits per heavy atom. The summed E-state index contributed by atoms with van der Waals surface area (Å²) >= 11 is 7.51. The molecule has 17 heavy (non-hydrogen) atoms. The third kappa shape index (κ3) is 4.28. The molecule has 2 aromatic rings. The molecule has 0 saturated carbocycles. The van der Waals surface area contributed by atoms with Crippen LogP contribution in [0, 0.1) is 6.92 Å². The second kappa shape index (κ2) is 6.97. The molecule has 0 atom stereocenters. The van der Waals surface area contributed by atoms with Gasteiger partial charge in [0.25, 0.3) is 0 Å². The van der Waals surface area contributed by atoms with Gasteiger partial charge in [0.2, 0.25) is 0 Å². The highest BCUT2D eigenvalue weighted by Crippen LogP contribution is 2.15. The van der Waals surface area contributed by atoms with Crippen molar-refractivity contribution in [2.75, 3.05) is 0 Å². The number of hydrogen-bond acceptors (Lipinski definition) is 3. The Kier molecular flexibility index (Phi) is 5.92. The summed E-state index contributed by atoms with van der Waals surface area (Å²) < 4.78 is 0. The van der Waals surface area contributed by atoms with Gasteiger partial charge in [-0.25, -0.2) is 4.98 Å². The molecule has 2 rings (SSSR count). The zero-order chi connectivity index (χ0) is 11.4. The van der Waals surface area contributed by atoms with Crippen molar-refractivity contribution in [1.29, 1.82) is 0 Å². The third-order valence-corrected chi connectivity index (χ3v) is 3.62. The minimum Gasteiger partial charge on any atom is -0.308 e. The summed E-state index contributed by atoms with van der Waals surface area (Å²) in [7, 11) is 0. The van der Waals surface area contributed by atoms with Crippen molar-refractivity contribution in [2.45, 2.75) is 20.0 Å². The van der Waals surface area contributed by atoms with Crippen molar-refractivity contribution in [2.24, 2.45) is 0 Å². The van der Waals surface area contributed by atoms with Gasteiger partial charge in [-0.05, 0) is 35.6 Å². The molecule has 0 amide bonds. The molecule has 0 fully saturated rings. The van der Waals surface area contributed by atoms with Crippen molar-refractivity contribution in [1.82, 2.24) is 10.3 Å². The molecule has 0 radical (unpaired) electrons. The summed E-state index contributed by atoms with van der Waals surface area (Å²) in [6.45, 7) is 3.87. The van der Waals surface area contributed by atoms with Crippen LogP contribution in [0.5, 0.6) is 0 Å². The molecule has 0 aliphatic rings. The lowest BCUT2D eigenvalue weighted by atomic mass is 10.2. The fourth-order valence-corrected chi connectivity index (χ4v) is 2.40. The van der Waals surface area contributed by atoms with Crippen LogP contribution in [0.1, 0.15) is 16.0 Å². The van der Waals surface area contributed by atoms with Crippen LogP contribution in [0.3, 0.4) is 0 Å². The van der Waals surface area contributed by atoms with Crippen LogP contribution in [0.25, 0.3) is 0 Å². The molecular weight excluding hydrogens is 275 g/mol. The molecule has 2 aromatic heterocycles. The summed E-state index contributed by atoms with van der Waals surface area (Å²) in [6, 6.07) is 5.95. The average Bonchev–Trinajstić information content (AvgIpc) is 2.68. The smallest absolute Gasteiger partial charge is 0.129 e. The standard InChI is InChI=1S/C12H13ClN2S.ClH/c1-9-4-5-16-11(9)8-14-6-10-2-3-12(13)15-7-10;/h2-5,7,14H,6,8H2,1H3;1H. The Morgan fingerprint density at radius 3 is 2.71 bits per heavy atom. The molecule has 0 unspecified atom stereocenters. The summed E-state index contributed by atoms with van der Waals surface area (Å²) in [6.07, 6.45) is 1.80. The lowest BCUT2D eigenvalue weighted by molar-refractivity contribution is 0.697. The molecule has 0 spiro atoms.